The largest absolute Gasteiger partial charge is 0.497 e. The minimum absolute atomic E-state index is 0.000376. The summed E-state index contributed by atoms with van der Waals surface area (Å²) < 4.78 is 5.23. The van der Waals surface area contributed by atoms with Gasteiger partial charge in [-0.15, -0.1) is 0 Å². The predicted octanol–water partition coefficient (Wildman–Crippen LogP) is 2.81. The molecule has 3 aromatic rings. The lowest BCUT2D eigenvalue weighted by Gasteiger charge is -2.25. The molecule has 2 amide bonds. The quantitative estimate of drug-likeness (QED) is 0.357. The Morgan fingerprint density at radius 3 is 2.21 bits per heavy atom. The second-order valence-electron chi connectivity index (χ2n) is 9.97. The molecule has 198 valence electrons. The second-order valence-corrected chi connectivity index (χ2v) is 9.97. The van der Waals surface area contributed by atoms with Crippen molar-refractivity contribution < 1.29 is 19.1 Å². The molecule has 0 aliphatic heterocycles. The van der Waals surface area contributed by atoms with Gasteiger partial charge in [0.15, 0.2) is 5.78 Å². The third kappa shape index (κ3) is 6.53. The first kappa shape index (κ1) is 26.8. The number of nitrogens with one attached hydrogen (secondary N) is 2. The van der Waals surface area contributed by atoms with Crippen LogP contribution >= 0.6 is 0 Å². The van der Waals surface area contributed by atoms with Crippen molar-refractivity contribution in [1.82, 2.24) is 20.6 Å². The first-order chi connectivity index (χ1) is 18.2. The summed E-state index contributed by atoms with van der Waals surface area (Å²) in [6.45, 7) is 3.60. The molecule has 1 saturated carbocycles. The maximum atomic E-state index is 13.7. The number of carbonyl (C=O) groups is 3. The van der Waals surface area contributed by atoms with Gasteiger partial charge in [0.2, 0.25) is 5.91 Å². The van der Waals surface area contributed by atoms with Crippen molar-refractivity contribution in [3.05, 3.63) is 83.3 Å². The van der Waals surface area contributed by atoms with Gasteiger partial charge in [0, 0.05) is 18.0 Å². The Balaban J connectivity index is 1.58. The number of aryl methyl sites for hydroxylation is 1. The van der Waals surface area contributed by atoms with Gasteiger partial charge in [0.25, 0.3) is 5.91 Å². The van der Waals surface area contributed by atoms with Crippen LogP contribution in [0.4, 0.5) is 5.82 Å². The zero-order chi connectivity index (χ0) is 27.3. The molecule has 1 aromatic heterocycles. The summed E-state index contributed by atoms with van der Waals surface area (Å²) in [7, 11) is 1.57. The molecule has 2 atom stereocenters. The number of carbonyl (C=O) groups excluding carboxylic acids is 3. The maximum Gasteiger partial charge on any atom is 0.257 e. The first-order valence-corrected chi connectivity index (χ1v) is 12.6. The summed E-state index contributed by atoms with van der Waals surface area (Å²) in [6, 6.07) is 15.1. The normalized spacial score (nSPS) is 15.1. The van der Waals surface area contributed by atoms with Crippen molar-refractivity contribution in [3.63, 3.8) is 0 Å². The molecular formula is C29H33N5O4. The molecule has 1 aliphatic rings. The second kappa shape index (κ2) is 11.4. The van der Waals surface area contributed by atoms with Gasteiger partial charge in [-0.1, -0.05) is 49.4 Å². The van der Waals surface area contributed by atoms with E-state index in [1.54, 1.807) is 26.2 Å². The molecule has 1 heterocycles. The van der Waals surface area contributed by atoms with Crippen molar-refractivity contribution in [3.8, 4) is 5.75 Å². The van der Waals surface area contributed by atoms with Crippen LogP contribution in [0.2, 0.25) is 0 Å². The lowest BCUT2D eigenvalue weighted by atomic mass is 9.92. The number of nitrogen functional groups attached to an aromatic ring is 1. The van der Waals surface area contributed by atoms with Crippen molar-refractivity contribution >= 4 is 23.4 Å². The predicted molar refractivity (Wildman–Crippen MR) is 144 cm³/mol. The van der Waals surface area contributed by atoms with Crippen LogP contribution in [-0.4, -0.2) is 46.8 Å². The van der Waals surface area contributed by atoms with E-state index >= 15 is 0 Å². The van der Waals surface area contributed by atoms with Gasteiger partial charge in [-0.05, 0) is 49.4 Å². The van der Waals surface area contributed by atoms with Gasteiger partial charge in [-0.3, -0.25) is 14.4 Å². The number of ether oxygens (including phenoxy) is 1. The molecule has 9 heteroatoms. The number of ketones is 1. The Hall–Kier alpha value is -4.27. The fourth-order valence-corrected chi connectivity index (χ4v) is 4.29. The van der Waals surface area contributed by atoms with E-state index < -0.39 is 29.3 Å². The number of amides is 2. The van der Waals surface area contributed by atoms with Crippen molar-refractivity contribution in [2.75, 3.05) is 12.8 Å². The third-order valence-electron chi connectivity index (χ3n) is 6.91. The van der Waals surface area contributed by atoms with Gasteiger partial charge in [0.1, 0.15) is 23.4 Å². The Morgan fingerprint density at radius 1 is 0.974 bits per heavy atom. The molecule has 9 nitrogen and oxygen atoms in total. The van der Waals surface area contributed by atoms with Crippen molar-refractivity contribution in [1.29, 1.82) is 0 Å². The summed E-state index contributed by atoms with van der Waals surface area (Å²) >= 11 is 0. The number of aromatic nitrogens is 2. The van der Waals surface area contributed by atoms with E-state index in [0.29, 0.717) is 18.0 Å². The fraction of sp³-hybridized carbons (Fsp3) is 0.345. The number of hydrogen-bond acceptors (Lipinski definition) is 7. The molecule has 0 spiro atoms. The van der Waals surface area contributed by atoms with Gasteiger partial charge in [-0.2, -0.15) is 0 Å². The highest BCUT2D eigenvalue weighted by Gasteiger charge is 2.48. The zero-order valence-electron chi connectivity index (χ0n) is 21.9. The average molecular weight is 516 g/mol. The van der Waals surface area contributed by atoms with Gasteiger partial charge in [-0.25, -0.2) is 9.97 Å². The first-order valence-electron chi connectivity index (χ1n) is 12.6. The minimum Gasteiger partial charge on any atom is -0.497 e. The number of nitrogens with two attached hydrogens (primary N) is 1. The number of rotatable bonds is 11. The summed E-state index contributed by atoms with van der Waals surface area (Å²) in [5.74, 6) is 0.102. The minimum atomic E-state index is -0.977. The van der Waals surface area contributed by atoms with Gasteiger partial charge >= 0.3 is 0 Å². The van der Waals surface area contributed by atoms with E-state index in [2.05, 4.69) is 20.6 Å². The molecule has 0 saturated heterocycles. The summed E-state index contributed by atoms with van der Waals surface area (Å²) in [4.78, 5) is 48.3. The van der Waals surface area contributed by atoms with Crippen LogP contribution < -0.4 is 21.1 Å². The number of nitrogens with zero attached hydrogens (tertiary/aromatic N) is 2. The van der Waals surface area contributed by atoms with Crippen LogP contribution in [0.3, 0.4) is 0 Å². The van der Waals surface area contributed by atoms with Crippen molar-refractivity contribution in [2.24, 2.45) is 5.41 Å². The highest BCUT2D eigenvalue weighted by atomic mass is 16.5. The number of anilines is 1. The molecular weight excluding hydrogens is 482 g/mol. The molecule has 1 aliphatic carbocycles. The smallest absolute Gasteiger partial charge is 0.257 e. The molecule has 38 heavy (non-hydrogen) atoms. The number of benzene rings is 2. The third-order valence-corrected chi connectivity index (χ3v) is 6.91. The molecule has 1 fully saturated rings. The molecule has 4 rings (SSSR count). The van der Waals surface area contributed by atoms with E-state index in [4.69, 9.17) is 10.5 Å². The monoisotopic (exact) mass is 515 g/mol. The maximum absolute atomic E-state index is 13.7. The lowest BCUT2D eigenvalue weighted by Crippen LogP contribution is -2.54. The molecule has 4 N–H and O–H groups in total. The molecule has 0 bridgehead atoms. The Labute approximate surface area is 222 Å². The highest BCUT2D eigenvalue weighted by Crippen LogP contribution is 2.46. The van der Waals surface area contributed by atoms with E-state index in [9.17, 15) is 14.4 Å². The average Bonchev–Trinajstić information content (AvgIpc) is 3.66. The van der Waals surface area contributed by atoms with Crippen LogP contribution in [-0.2, 0) is 22.4 Å². The molecule has 0 radical (unpaired) electrons. The Morgan fingerprint density at radius 2 is 1.61 bits per heavy atom. The van der Waals surface area contributed by atoms with E-state index in [0.717, 1.165) is 24.0 Å². The summed E-state index contributed by atoms with van der Waals surface area (Å²) in [5.41, 5.74) is 7.33. The van der Waals surface area contributed by atoms with Crippen LogP contribution in [0, 0.1) is 12.3 Å². The Kier molecular flexibility index (Phi) is 8.05. The Bertz CT molecular complexity index is 1310. The number of methoxy groups -OCH3 is 1. The molecule has 2 aromatic carbocycles. The van der Waals surface area contributed by atoms with Gasteiger partial charge in [0.05, 0.1) is 18.7 Å². The van der Waals surface area contributed by atoms with E-state index in [1.165, 1.54) is 6.20 Å². The van der Waals surface area contributed by atoms with Crippen LogP contribution in [0.1, 0.15) is 47.1 Å². The van der Waals surface area contributed by atoms with Crippen LogP contribution in [0.5, 0.6) is 5.75 Å². The van der Waals surface area contributed by atoms with Gasteiger partial charge < -0.3 is 21.1 Å². The lowest BCUT2D eigenvalue weighted by molar-refractivity contribution is -0.131. The highest BCUT2D eigenvalue weighted by molar-refractivity contribution is 6.01. The van der Waals surface area contributed by atoms with Crippen LogP contribution in [0.25, 0.3) is 0 Å². The van der Waals surface area contributed by atoms with Crippen LogP contribution in [0.15, 0.2) is 60.8 Å². The van der Waals surface area contributed by atoms with Crippen molar-refractivity contribution in [2.45, 2.75) is 51.6 Å². The standard InChI is InChI=1S/C29H33N5O4/c1-18-31-17-22(26(30)32-18)27(36)34-24(16-20-9-11-21(38-3)12-10-20)28(37)33-23(25(35)29(2)13-14-29)15-19-7-5-4-6-8-19/h4-12,17,23-24H,13-16H2,1-3H3,(H,33,37)(H,34,36)(H2,30,31,32)/t23-,24-/m0/s1. The topological polar surface area (TPSA) is 136 Å². The van der Waals surface area contributed by atoms with E-state index in [1.807, 2.05) is 49.4 Å². The molecule has 0 unspecified atom stereocenters. The number of hydrogen-bond donors (Lipinski definition) is 3. The fourth-order valence-electron chi connectivity index (χ4n) is 4.29. The summed E-state index contributed by atoms with van der Waals surface area (Å²) in [6.07, 6.45) is 3.49. The zero-order valence-corrected chi connectivity index (χ0v) is 21.9. The van der Waals surface area contributed by atoms with E-state index in [-0.39, 0.29) is 23.6 Å². The summed E-state index contributed by atoms with van der Waals surface area (Å²) in [5, 5.41) is 5.72. The SMILES string of the molecule is COc1ccc(C[C@H](NC(=O)c2cnc(C)nc2N)C(=O)N[C@@H](Cc2ccccc2)C(=O)C2(C)CC2)cc1. The number of Topliss-reactive ketones (excluding diaryl/α,β-unsaturated/α-hetero) is 1.